The van der Waals surface area contributed by atoms with E-state index >= 15 is 0 Å². The van der Waals surface area contributed by atoms with Crippen LogP contribution in [-0.4, -0.2) is 23.0 Å². The average Bonchev–Trinajstić information content (AvgIpc) is 2.87. The zero-order valence-electron chi connectivity index (χ0n) is 12.5. The quantitative estimate of drug-likeness (QED) is 0.723. The molecule has 0 aliphatic heterocycles. The zero-order valence-corrected chi connectivity index (χ0v) is 12.5. The first-order chi connectivity index (χ1) is 9.76. The molecule has 2 nitrogen and oxygen atoms in total. The number of fused-ring (bicyclic) bond motifs is 3. The lowest BCUT2D eigenvalue weighted by Crippen LogP contribution is -2.26. The minimum absolute atomic E-state index is 0.432. The molecule has 2 heteroatoms. The van der Waals surface area contributed by atoms with Crippen molar-refractivity contribution < 1.29 is 0 Å². The molecule has 0 amide bonds. The third-order valence-electron chi connectivity index (χ3n) is 4.38. The normalized spacial score (nSPS) is 13.4. The Morgan fingerprint density at radius 3 is 2.40 bits per heavy atom. The van der Waals surface area contributed by atoms with Crippen molar-refractivity contribution in [1.29, 1.82) is 0 Å². The predicted molar refractivity (Wildman–Crippen MR) is 87.1 cm³/mol. The molecule has 0 radical (unpaired) electrons. The minimum atomic E-state index is 0.432. The summed E-state index contributed by atoms with van der Waals surface area (Å²) >= 11 is 0. The Morgan fingerprint density at radius 1 is 0.950 bits per heavy atom. The van der Waals surface area contributed by atoms with Crippen molar-refractivity contribution in [2.75, 3.05) is 13.1 Å². The van der Waals surface area contributed by atoms with Crippen molar-refractivity contribution in [2.45, 2.75) is 26.8 Å². The Kier molecular flexibility index (Phi) is 3.49. The largest absolute Gasteiger partial charge is 0.354 e. The molecule has 0 saturated heterocycles. The van der Waals surface area contributed by atoms with Crippen molar-refractivity contribution in [3.63, 3.8) is 0 Å². The van der Waals surface area contributed by atoms with Crippen molar-refractivity contribution >= 4 is 21.8 Å². The smallest absolute Gasteiger partial charge is 0.0513 e. The molecule has 1 heterocycles. The van der Waals surface area contributed by atoms with Gasteiger partial charge in [-0.15, -0.1) is 0 Å². The molecule has 1 aromatic heterocycles. The number of para-hydroxylation sites is 2. The van der Waals surface area contributed by atoms with Crippen LogP contribution in [0, 0.1) is 0 Å². The van der Waals surface area contributed by atoms with Gasteiger partial charge in [-0.25, -0.2) is 0 Å². The number of benzene rings is 2. The van der Waals surface area contributed by atoms with Gasteiger partial charge in [-0.1, -0.05) is 50.2 Å². The first-order valence-electron chi connectivity index (χ1n) is 7.49. The highest BCUT2D eigenvalue weighted by atomic mass is 15.1. The number of aromatic nitrogens is 1. The molecule has 104 valence electrons. The van der Waals surface area contributed by atoms with Gasteiger partial charge in [0, 0.05) is 22.3 Å². The number of rotatable bonds is 4. The van der Waals surface area contributed by atoms with Crippen molar-refractivity contribution in [3.8, 4) is 0 Å². The number of aromatic amines is 1. The highest BCUT2D eigenvalue weighted by Crippen LogP contribution is 2.32. The summed E-state index contributed by atoms with van der Waals surface area (Å²) in [7, 11) is 0. The van der Waals surface area contributed by atoms with Crippen LogP contribution < -0.4 is 0 Å². The fourth-order valence-corrected chi connectivity index (χ4v) is 3.21. The topological polar surface area (TPSA) is 19.0 Å². The third-order valence-corrected chi connectivity index (χ3v) is 4.38. The molecule has 0 fully saturated rings. The summed E-state index contributed by atoms with van der Waals surface area (Å²) in [5, 5.41) is 2.65. The molecule has 20 heavy (non-hydrogen) atoms. The van der Waals surface area contributed by atoms with Gasteiger partial charge in [0.15, 0.2) is 0 Å². The van der Waals surface area contributed by atoms with E-state index in [0.29, 0.717) is 6.04 Å². The minimum Gasteiger partial charge on any atom is -0.354 e. The Bertz CT molecular complexity index is 722. The molecule has 0 bridgehead atoms. The molecule has 0 aliphatic carbocycles. The highest BCUT2D eigenvalue weighted by Gasteiger charge is 2.16. The molecule has 0 saturated carbocycles. The highest BCUT2D eigenvalue weighted by molar-refractivity contribution is 6.08. The summed E-state index contributed by atoms with van der Waals surface area (Å²) in [5.41, 5.74) is 3.90. The maximum Gasteiger partial charge on any atom is 0.0513 e. The maximum atomic E-state index is 3.60. The Hall–Kier alpha value is -1.80. The average molecular weight is 266 g/mol. The molecular weight excluding hydrogens is 244 g/mol. The lowest BCUT2D eigenvalue weighted by atomic mass is 10.0. The fourth-order valence-electron chi connectivity index (χ4n) is 3.21. The summed E-state index contributed by atoms with van der Waals surface area (Å²) in [6.45, 7) is 8.91. The molecule has 3 aromatic rings. The molecule has 3 rings (SSSR count). The molecule has 1 atom stereocenters. The summed E-state index contributed by atoms with van der Waals surface area (Å²) in [4.78, 5) is 6.09. The number of nitrogens with zero attached hydrogens (tertiary/aromatic N) is 1. The van der Waals surface area contributed by atoms with E-state index in [9.17, 15) is 0 Å². The van der Waals surface area contributed by atoms with Crippen molar-refractivity contribution in [3.05, 3.63) is 48.0 Å². The molecule has 0 aliphatic rings. The standard InChI is InChI=1S/C18H22N2/c1-4-20(5-2)13(3)14-10-8-11-16-15-9-6-7-12-17(15)19-18(14)16/h6-13,19H,4-5H2,1-3H3. The van der Waals surface area contributed by atoms with E-state index in [2.05, 4.69) is 73.1 Å². The van der Waals surface area contributed by atoms with Crippen LogP contribution in [0.3, 0.4) is 0 Å². The fraction of sp³-hybridized carbons (Fsp3) is 0.333. The second kappa shape index (κ2) is 5.29. The van der Waals surface area contributed by atoms with E-state index in [1.165, 1.54) is 27.4 Å². The summed E-state index contributed by atoms with van der Waals surface area (Å²) < 4.78 is 0. The van der Waals surface area contributed by atoms with Gasteiger partial charge in [-0.3, -0.25) is 4.90 Å². The molecule has 1 N–H and O–H groups in total. The van der Waals surface area contributed by atoms with Crippen LogP contribution in [0.5, 0.6) is 0 Å². The summed E-state index contributed by atoms with van der Waals surface area (Å²) in [5.74, 6) is 0. The molecule has 2 aromatic carbocycles. The van der Waals surface area contributed by atoms with E-state index in [-0.39, 0.29) is 0 Å². The van der Waals surface area contributed by atoms with Gasteiger partial charge < -0.3 is 4.98 Å². The summed E-state index contributed by atoms with van der Waals surface area (Å²) in [6, 6.07) is 15.6. The summed E-state index contributed by atoms with van der Waals surface area (Å²) in [6.07, 6.45) is 0. The van der Waals surface area contributed by atoms with Crippen LogP contribution in [0.1, 0.15) is 32.4 Å². The van der Waals surface area contributed by atoms with Gasteiger partial charge in [0.2, 0.25) is 0 Å². The molecular formula is C18H22N2. The zero-order chi connectivity index (χ0) is 14.1. The Morgan fingerprint density at radius 2 is 1.65 bits per heavy atom. The van der Waals surface area contributed by atoms with Crippen molar-refractivity contribution in [2.24, 2.45) is 0 Å². The number of H-pyrrole nitrogens is 1. The lowest BCUT2D eigenvalue weighted by Gasteiger charge is -2.27. The van der Waals surface area contributed by atoms with Gasteiger partial charge in [0.25, 0.3) is 0 Å². The van der Waals surface area contributed by atoms with E-state index < -0.39 is 0 Å². The van der Waals surface area contributed by atoms with Crippen LogP contribution in [-0.2, 0) is 0 Å². The van der Waals surface area contributed by atoms with Gasteiger partial charge in [-0.05, 0) is 31.6 Å². The lowest BCUT2D eigenvalue weighted by molar-refractivity contribution is 0.235. The SMILES string of the molecule is CCN(CC)C(C)c1cccc2c1[nH]c1ccccc12. The second-order valence-electron chi connectivity index (χ2n) is 5.34. The van der Waals surface area contributed by atoms with Crippen LogP contribution in [0.15, 0.2) is 42.5 Å². The molecule has 1 unspecified atom stereocenters. The van der Waals surface area contributed by atoms with Crippen LogP contribution in [0.4, 0.5) is 0 Å². The monoisotopic (exact) mass is 266 g/mol. The van der Waals surface area contributed by atoms with E-state index in [4.69, 9.17) is 0 Å². The van der Waals surface area contributed by atoms with E-state index in [1.807, 2.05) is 0 Å². The number of hydrogen-bond donors (Lipinski definition) is 1. The van der Waals surface area contributed by atoms with Gasteiger partial charge in [0.05, 0.1) is 5.52 Å². The first-order valence-corrected chi connectivity index (χ1v) is 7.49. The number of hydrogen-bond acceptors (Lipinski definition) is 1. The number of nitrogens with one attached hydrogen (secondary N) is 1. The molecule has 0 spiro atoms. The van der Waals surface area contributed by atoms with Crippen LogP contribution in [0.25, 0.3) is 21.8 Å². The Balaban J connectivity index is 2.21. The third kappa shape index (κ3) is 2.01. The van der Waals surface area contributed by atoms with Crippen LogP contribution in [0.2, 0.25) is 0 Å². The van der Waals surface area contributed by atoms with Crippen LogP contribution >= 0.6 is 0 Å². The van der Waals surface area contributed by atoms with E-state index in [0.717, 1.165) is 13.1 Å². The first kappa shape index (κ1) is 13.2. The van der Waals surface area contributed by atoms with E-state index in [1.54, 1.807) is 0 Å². The van der Waals surface area contributed by atoms with Crippen molar-refractivity contribution in [1.82, 2.24) is 9.88 Å². The van der Waals surface area contributed by atoms with Gasteiger partial charge in [0.1, 0.15) is 0 Å². The predicted octanol–water partition coefficient (Wildman–Crippen LogP) is 4.72. The second-order valence-corrected chi connectivity index (χ2v) is 5.34. The van der Waals surface area contributed by atoms with Gasteiger partial charge >= 0.3 is 0 Å². The van der Waals surface area contributed by atoms with Gasteiger partial charge in [-0.2, -0.15) is 0 Å². The Labute approximate surface area is 120 Å². The maximum absolute atomic E-state index is 3.60.